The lowest BCUT2D eigenvalue weighted by atomic mass is 10.0. The molecule has 0 bridgehead atoms. The van der Waals surface area contributed by atoms with Crippen LogP contribution < -0.4 is 15.0 Å². The summed E-state index contributed by atoms with van der Waals surface area (Å²) in [6.07, 6.45) is 3.63. The third kappa shape index (κ3) is 5.96. The van der Waals surface area contributed by atoms with Gasteiger partial charge in [-0.1, -0.05) is 53.0 Å². The van der Waals surface area contributed by atoms with Gasteiger partial charge in [0, 0.05) is 15.6 Å². The zero-order chi connectivity index (χ0) is 26.7. The van der Waals surface area contributed by atoms with Crippen LogP contribution in [0, 0.1) is 6.92 Å². The van der Waals surface area contributed by atoms with Crippen molar-refractivity contribution in [2.45, 2.75) is 20.0 Å². The van der Waals surface area contributed by atoms with Crippen molar-refractivity contribution in [2.24, 2.45) is 0 Å². The van der Waals surface area contributed by atoms with E-state index in [9.17, 15) is 14.4 Å². The molecule has 0 spiro atoms. The predicted octanol–water partition coefficient (Wildman–Crippen LogP) is 7.04. The number of barbiturate groups is 1. The number of rotatable bonds is 7. The number of aryl methyl sites for hydroxylation is 1. The lowest BCUT2D eigenvalue weighted by Gasteiger charge is -2.26. The molecular formula is C28H21BrCl2N2O4. The van der Waals surface area contributed by atoms with Gasteiger partial charge in [0.15, 0.2) is 0 Å². The van der Waals surface area contributed by atoms with Crippen molar-refractivity contribution in [3.05, 3.63) is 110 Å². The van der Waals surface area contributed by atoms with Crippen LogP contribution in [0.15, 0.2) is 77.3 Å². The van der Waals surface area contributed by atoms with Gasteiger partial charge < -0.3 is 4.74 Å². The molecule has 1 aliphatic heterocycles. The van der Waals surface area contributed by atoms with Crippen LogP contribution in [0.25, 0.3) is 6.08 Å². The first kappa shape index (κ1) is 26.7. The largest absolute Gasteiger partial charge is 0.487 e. The molecule has 1 fully saturated rings. The highest BCUT2D eigenvalue weighted by molar-refractivity contribution is 9.10. The quantitative estimate of drug-likeness (QED) is 0.180. The van der Waals surface area contributed by atoms with E-state index in [-0.39, 0.29) is 12.2 Å². The van der Waals surface area contributed by atoms with E-state index in [1.165, 1.54) is 6.08 Å². The number of benzene rings is 3. The highest BCUT2D eigenvalue weighted by Gasteiger charge is 2.36. The van der Waals surface area contributed by atoms with E-state index < -0.39 is 17.8 Å². The number of carbonyl (C=O) groups excluding carboxylic acids is 3. The van der Waals surface area contributed by atoms with Crippen molar-refractivity contribution < 1.29 is 19.1 Å². The van der Waals surface area contributed by atoms with Crippen LogP contribution in [0.5, 0.6) is 5.75 Å². The fourth-order valence-electron chi connectivity index (χ4n) is 3.77. The fourth-order valence-corrected chi connectivity index (χ4v) is 4.86. The van der Waals surface area contributed by atoms with Gasteiger partial charge in [0.2, 0.25) is 0 Å². The lowest BCUT2D eigenvalue weighted by molar-refractivity contribution is -0.122. The fraction of sp³-hybridized carbons (Fsp3) is 0.107. The Bertz CT molecular complexity index is 1450. The van der Waals surface area contributed by atoms with E-state index in [4.69, 9.17) is 27.9 Å². The predicted molar refractivity (Wildman–Crippen MR) is 149 cm³/mol. The normalized spacial score (nSPS) is 14.6. The van der Waals surface area contributed by atoms with Crippen LogP contribution in [0.2, 0.25) is 10.0 Å². The maximum Gasteiger partial charge on any atom is 0.335 e. The average molecular weight is 600 g/mol. The SMILES string of the molecule is C=CCc1cc(/C=C2\C(=O)NC(=O)N(c3ccc(C)cc3)C2=O)cc(Br)c1OCc1ccc(Cl)cc1Cl. The van der Waals surface area contributed by atoms with Crippen molar-refractivity contribution >= 4 is 68.7 Å². The third-order valence-electron chi connectivity index (χ3n) is 5.60. The van der Waals surface area contributed by atoms with E-state index in [0.29, 0.717) is 37.9 Å². The second-order valence-electron chi connectivity index (χ2n) is 8.30. The highest BCUT2D eigenvalue weighted by Crippen LogP contribution is 2.34. The van der Waals surface area contributed by atoms with Crippen LogP contribution in [0.4, 0.5) is 10.5 Å². The minimum Gasteiger partial charge on any atom is -0.487 e. The summed E-state index contributed by atoms with van der Waals surface area (Å²) in [6.45, 7) is 5.91. The third-order valence-corrected chi connectivity index (χ3v) is 6.78. The zero-order valence-corrected chi connectivity index (χ0v) is 22.8. The number of carbonyl (C=O) groups is 3. The van der Waals surface area contributed by atoms with Gasteiger partial charge in [-0.3, -0.25) is 14.9 Å². The number of halogens is 3. The number of imide groups is 2. The van der Waals surface area contributed by atoms with Crippen LogP contribution in [0.1, 0.15) is 22.3 Å². The van der Waals surface area contributed by atoms with Gasteiger partial charge in [-0.15, -0.1) is 6.58 Å². The summed E-state index contributed by atoms with van der Waals surface area (Å²) in [6, 6.07) is 14.8. The minimum absolute atomic E-state index is 0.168. The van der Waals surface area contributed by atoms with Gasteiger partial charge in [0.25, 0.3) is 11.8 Å². The molecule has 3 aromatic rings. The number of ether oxygens (including phenoxy) is 1. The molecule has 1 N–H and O–H groups in total. The molecule has 3 aromatic carbocycles. The first-order valence-electron chi connectivity index (χ1n) is 11.2. The molecular weight excluding hydrogens is 579 g/mol. The molecule has 188 valence electrons. The number of nitrogens with zero attached hydrogens (tertiary/aromatic N) is 1. The summed E-state index contributed by atoms with van der Waals surface area (Å²) < 4.78 is 6.68. The van der Waals surface area contributed by atoms with Gasteiger partial charge in [-0.2, -0.15) is 0 Å². The molecule has 0 radical (unpaired) electrons. The van der Waals surface area contributed by atoms with E-state index in [2.05, 4.69) is 27.8 Å². The molecule has 0 atom stereocenters. The molecule has 1 heterocycles. The van der Waals surface area contributed by atoms with Crippen LogP contribution in [0.3, 0.4) is 0 Å². The summed E-state index contributed by atoms with van der Waals surface area (Å²) >= 11 is 15.8. The van der Waals surface area contributed by atoms with Crippen LogP contribution in [-0.4, -0.2) is 17.8 Å². The second kappa shape index (κ2) is 11.3. The van der Waals surface area contributed by atoms with Crippen molar-refractivity contribution in [1.29, 1.82) is 0 Å². The Kier molecular flexibility index (Phi) is 8.17. The molecule has 0 aromatic heterocycles. The number of anilines is 1. The van der Waals surface area contributed by atoms with Gasteiger partial charge in [-0.05, 0) is 82.9 Å². The van der Waals surface area contributed by atoms with Crippen molar-refractivity contribution in [3.63, 3.8) is 0 Å². The maximum absolute atomic E-state index is 13.2. The summed E-state index contributed by atoms with van der Waals surface area (Å²) in [5, 5.41) is 3.26. The minimum atomic E-state index is -0.797. The number of nitrogens with one attached hydrogen (secondary N) is 1. The van der Waals surface area contributed by atoms with Crippen LogP contribution in [-0.2, 0) is 22.6 Å². The molecule has 0 aliphatic carbocycles. The molecule has 6 nitrogen and oxygen atoms in total. The molecule has 1 aliphatic rings. The zero-order valence-electron chi connectivity index (χ0n) is 19.7. The summed E-state index contributed by atoms with van der Waals surface area (Å²) in [4.78, 5) is 39.2. The molecule has 37 heavy (non-hydrogen) atoms. The van der Waals surface area contributed by atoms with Gasteiger partial charge >= 0.3 is 6.03 Å². The monoisotopic (exact) mass is 598 g/mol. The van der Waals surface area contributed by atoms with E-state index in [1.54, 1.807) is 60.7 Å². The second-order valence-corrected chi connectivity index (χ2v) is 10.00. The average Bonchev–Trinajstić information content (AvgIpc) is 2.83. The maximum atomic E-state index is 13.2. The summed E-state index contributed by atoms with van der Waals surface area (Å²) in [7, 11) is 0. The number of amides is 4. The van der Waals surface area contributed by atoms with E-state index in [0.717, 1.165) is 21.6 Å². The number of urea groups is 1. The smallest absolute Gasteiger partial charge is 0.335 e. The summed E-state index contributed by atoms with van der Waals surface area (Å²) in [5.41, 5.74) is 3.27. The summed E-state index contributed by atoms with van der Waals surface area (Å²) in [5.74, 6) is -0.905. The molecule has 4 rings (SSSR count). The molecule has 0 saturated carbocycles. The van der Waals surface area contributed by atoms with Gasteiger partial charge in [0.1, 0.15) is 17.9 Å². The topological polar surface area (TPSA) is 75.7 Å². The number of hydrogen-bond donors (Lipinski definition) is 1. The Morgan fingerprint density at radius 1 is 1.03 bits per heavy atom. The molecule has 1 saturated heterocycles. The lowest BCUT2D eigenvalue weighted by Crippen LogP contribution is -2.54. The first-order chi connectivity index (χ1) is 17.7. The molecule has 4 amide bonds. The van der Waals surface area contributed by atoms with E-state index >= 15 is 0 Å². The Hall–Kier alpha value is -3.39. The Labute approximate surface area is 232 Å². The molecule has 9 heteroatoms. The van der Waals surface area contributed by atoms with Gasteiger partial charge in [0.05, 0.1) is 10.2 Å². The van der Waals surface area contributed by atoms with Crippen molar-refractivity contribution in [3.8, 4) is 5.75 Å². The van der Waals surface area contributed by atoms with Crippen LogP contribution >= 0.6 is 39.1 Å². The first-order valence-corrected chi connectivity index (χ1v) is 12.7. The van der Waals surface area contributed by atoms with Gasteiger partial charge in [-0.25, -0.2) is 9.69 Å². The Morgan fingerprint density at radius 2 is 1.76 bits per heavy atom. The van der Waals surface area contributed by atoms with Crippen molar-refractivity contribution in [1.82, 2.24) is 5.32 Å². The number of hydrogen-bond acceptors (Lipinski definition) is 4. The Morgan fingerprint density at radius 3 is 2.43 bits per heavy atom. The van der Waals surface area contributed by atoms with Crippen molar-refractivity contribution in [2.75, 3.05) is 4.90 Å². The Balaban J connectivity index is 1.66. The number of allylic oxidation sites excluding steroid dienone is 1. The standard InChI is InChI=1S/C28H21BrCl2N2O4/c1-3-4-18-11-17(13-23(29)25(18)37-15-19-7-8-20(30)14-24(19)31)12-22-26(34)32-28(36)33(27(22)35)21-9-5-16(2)6-10-21/h3,5-14H,1,4,15H2,2H3,(H,32,34,36)/b22-12+. The highest BCUT2D eigenvalue weighted by atomic mass is 79.9. The molecule has 0 unspecified atom stereocenters. The van der Waals surface area contributed by atoms with E-state index in [1.807, 2.05) is 6.92 Å².